The van der Waals surface area contributed by atoms with Crippen LogP contribution in [0.4, 0.5) is 0 Å². The van der Waals surface area contributed by atoms with Crippen molar-refractivity contribution in [3.05, 3.63) is 0 Å². The molecular formula is C19H35NO2. The molecule has 1 saturated carbocycles. The summed E-state index contributed by atoms with van der Waals surface area (Å²) >= 11 is 0. The Morgan fingerprint density at radius 1 is 1.32 bits per heavy atom. The Hall–Kier alpha value is -0.570. The Kier molecular flexibility index (Phi) is 6.31. The molecule has 1 heterocycles. The first-order valence-corrected chi connectivity index (χ1v) is 9.35. The van der Waals surface area contributed by atoms with Gasteiger partial charge in [0.2, 0.25) is 0 Å². The lowest BCUT2D eigenvalue weighted by Crippen LogP contribution is -2.40. The lowest BCUT2D eigenvalue weighted by molar-refractivity contribution is -0.151. The van der Waals surface area contributed by atoms with Gasteiger partial charge in [-0.3, -0.25) is 9.69 Å². The predicted molar refractivity (Wildman–Crippen MR) is 90.7 cm³/mol. The number of esters is 1. The molecule has 3 heteroatoms. The Bertz CT molecular complexity index is 360. The monoisotopic (exact) mass is 309 g/mol. The van der Waals surface area contributed by atoms with Crippen LogP contribution in [0.2, 0.25) is 0 Å². The molecule has 2 atom stereocenters. The first kappa shape index (κ1) is 17.8. The molecule has 0 aromatic carbocycles. The molecule has 0 spiro atoms. The molecular weight excluding hydrogens is 274 g/mol. The van der Waals surface area contributed by atoms with E-state index >= 15 is 0 Å². The van der Waals surface area contributed by atoms with Crippen molar-refractivity contribution >= 4 is 5.97 Å². The Morgan fingerprint density at radius 2 is 2.00 bits per heavy atom. The molecule has 1 aliphatic heterocycles. The molecule has 2 unspecified atom stereocenters. The van der Waals surface area contributed by atoms with Gasteiger partial charge in [0.1, 0.15) is 6.61 Å². The number of likely N-dealkylation sites (tertiary alicyclic amines) is 1. The smallest absolute Gasteiger partial charge is 0.309 e. The fraction of sp³-hybridized carbons (Fsp3) is 0.947. The van der Waals surface area contributed by atoms with E-state index < -0.39 is 0 Å². The van der Waals surface area contributed by atoms with Crippen molar-refractivity contribution in [2.75, 3.05) is 19.7 Å². The minimum absolute atomic E-state index is 0.0683. The summed E-state index contributed by atoms with van der Waals surface area (Å²) in [6.07, 6.45) is 8.33. The van der Waals surface area contributed by atoms with E-state index in [-0.39, 0.29) is 17.4 Å². The van der Waals surface area contributed by atoms with Crippen molar-refractivity contribution in [2.45, 2.75) is 78.2 Å². The van der Waals surface area contributed by atoms with Gasteiger partial charge in [-0.05, 0) is 51.4 Å². The van der Waals surface area contributed by atoms with Crippen LogP contribution in [0.1, 0.15) is 72.6 Å². The second-order valence-corrected chi connectivity index (χ2v) is 8.17. The van der Waals surface area contributed by atoms with Crippen molar-refractivity contribution in [3.63, 3.8) is 0 Å². The Labute approximate surface area is 136 Å². The lowest BCUT2D eigenvalue weighted by atomic mass is 9.87. The normalized spacial score (nSPS) is 27.2. The highest BCUT2D eigenvalue weighted by atomic mass is 16.5. The first-order valence-electron chi connectivity index (χ1n) is 9.35. The molecule has 1 aliphatic carbocycles. The number of carbonyl (C=O) groups excluding carboxylic acids is 1. The largest absolute Gasteiger partial charge is 0.464 e. The van der Waals surface area contributed by atoms with Gasteiger partial charge in [-0.1, -0.05) is 33.1 Å². The van der Waals surface area contributed by atoms with Crippen molar-refractivity contribution in [3.8, 4) is 0 Å². The van der Waals surface area contributed by atoms with Crippen LogP contribution in [0, 0.1) is 17.8 Å². The zero-order valence-corrected chi connectivity index (χ0v) is 15.1. The van der Waals surface area contributed by atoms with E-state index in [1.165, 1.54) is 32.1 Å². The Morgan fingerprint density at radius 3 is 2.55 bits per heavy atom. The standard InChI is InChI=1S/C19H35NO2/c1-5-8-17(16-9-6-7-10-16)18(21)22-12-11-20-14-15(2)13-19(20,3)4/h15-17H,5-14H2,1-4H3. The van der Waals surface area contributed by atoms with E-state index in [4.69, 9.17) is 4.74 Å². The molecule has 2 fully saturated rings. The van der Waals surface area contributed by atoms with Crippen molar-refractivity contribution < 1.29 is 9.53 Å². The number of hydrogen-bond acceptors (Lipinski definition) is 3. The zero-order valence-electron chi connectivity index (χ0n) is 15.1. The molecule has 128 valence electrons. The summed E-state index contributed by atoms with van der Waals surface area (Å²) in [5.74, 6) is 1.55. The van der Waals surface area contributed by atoms with Crippen LogP contribution in [0.25, 0.3) is 0 Å². The van der Waals surface area contributed by atoms with Crippen LogP contribution in [0.3, 0.4) is 0 Å². The minimum Gasteiger partial charge on any atom is -0.464 e. The van der Waals surface area contributed by atoms with Crippen molar-refractivity contribution in [1.82, 2.24) is 4.90 Å². The highest BCUT2D eigenvalue weighted by molar-refractivity contribution is 5.72. The molecule has 0 aromatic heterocycles. The molecule has 0 N–H and O–H groups in total. The second-order valence-electron chi connectivity index (χ2n) is 8.17. The van der Waals surface area contributed by atoms with Gasteiger partial charge in [0.25, 0.3) is 0 Å². The van der Waals surface area contributed by atoms with Gasteiger partial charge < -0.3 is 4.74 Å². The minimum atomic E-state index is 0.0683. The highest BCUT2D eigenvalue weighted by Gasteiger charge is 2.36. The molecule has 22 heavy (non-hydrogen) atoms. The summed E-state index contributed by atoms with van der Waals surface area (Å²) in [5, 5.41) is 0. The van der Waals surface area contributed by atoms with E-state index in [0.29, 0.717) is 12.5 Å². The average Bonchev–Trinajstić information content (AvgIpc) is 3.04. The summed E-state index contributed by atoms with van der Waals surface area (Å²) < 4.78 is 5.68. The van der Waals surface area contributed by atoms with Gasteiger partial charge >= 0.3 is 5.97 Å². The summed E-state index contributed by atoms with van der Waals surface area (Å²) in [6.45, 7) is 11.7. The van der Waals surface area contributed by atoms with Gasteiger partial charge in [0.15, 0.2) is 0 Å². The molecule has 0 aromatic rings. The quantitative estimate of drug-likeness (QED) is 0.658. The van der Waals surface area contributed by atoms with E-state index in [2.05, 4.69) is 32.6 Å². The molecule has 2 aliphatic rings. The third-order valence-electron chi connectivity index (χ3n) is 5.71. The van der Waals surface area contributed by atoms with E-state index in [9.17, 15) is 4.79 Å². The van der Waals surface area contributed by atoms with Crippen LogP contribution in [0.15, 0.2) is 0 Å². The number of carbonyl (C=O) groups is 1. The maximum absolute atomic E-state index is 12.5. The molecule has 0 bridgehead atoms. The predicted octanol–water partition coefficient (Wildman–Crippen LogP) is 4.26. The van der Waals surface area contributed by atoms with E-state index in [1.807, 2.05) is 0 Å². The molecule has 3 nitrogen and oxygen atoms in total. The fourth-order valence-electron chi connectivity index (χ4n) is 4.64. The van der Waals surface area contributed by atoms with Gasteiger partial charge in [-0.25, -0.2) is 0 Å². The van der Waals surface area contributed by atoms with Crippen LogP contribution in [0.5, 0.6) is 0 Å². The van der Waals surface area contributed by atoms with Crippen LogP contribution < -0.4 is 0 Å². The fourth-order valence-corrected chi connectivity index (χ4v) is 4.64. The number of rotatable bonds is 7. The topological polar surface area (TPSA) is 29.5 Å². The van der Waals surface area contributed by atoms with Crippen LogP contribution >= 0.6 is 0 Å². The van der Waals surface area contributed by atoms with Gasteiger partial charge in [0, 0.05) is 18.6 Å². The van der Waals surface area contributed by atoms with Crippen LogP contribution in [-0.4, -0.2) is 36.1 Å². The third-order valence-corrected chi connectivity index (χ3v) is 5.71. The molecule has 0 radical (unpaired) electrons. The van der Waals surface area contributed by atoms with Crippen molar-refractivity contribution in [1.29, 1.82) is 0 Å². The SMILES string of the molecule is CCCC(C(=O)OCCN1CC(C)CC1(C)C)C1CCCC1. The van der Waals surface area contributed by atoms with Gasteiger partial charge in [-0.15, -0.1) is 0 Å². The molecule has 0 amide bonds. The van der Waals surface area contributed by atoms with Crippen LogP contribution in [-0.2, 0) is 9.53 Å². The van der Waals surface area contributed by atoms with E-state index in [1.54, 1.807) is 0 Å². The summed E-state index contributed by atoms with van der Waals surface area (Å²) in [7, 11) is 0. The molecule has 1 saturated heterocycles. The maximum atomic E-state index is 12.5. The summed E-state index contributed by atoms with van der Waals surface area (Å²) in [4.78, 5) is 15.0. The highest BCUT2D eigenvalue weighted by Crippen LogP contribution is 2.35. The number of nitrogens with zero attached hydrogens (tertiary/aromatic N) is 1. The van der Waals surface area contributed by atoms with E-state index in [0.717, 1.165) is 31.8 Å². The number of ether oxygens (including phenoxy) is 1. The van der Waals surface area contributed by atoms with Gasteiger partial charge in [-0.2, -0.15) is 0 Å². The zero-order chi connectivity index (χ0) is 16.2. The third kappa shape index (κ3) is 4.47. The maximum Gasteiger partial charge on any atom is 0.309 e. The van der Waals surface area contributed by atoms with Gasteiger partial charge in [0.05, 0.1) is 5.92 Å². The van der Waals surface area contributed by atoms with Crippen molar-refractivity contribution in [2.24, 2.45) is 17.8 Å². The number of hydrogen-bond donors (Lipinski definition) is 0. The summed E-state index contributed by atoms with van der Waals surface area (Å²) in [6, 6.07) is 0. The first-order chi connectivity index (χ1) is 10.4. The average molecular weight is 309 g/mol. The lowest BCUT2D eigenvalue weighted by Gasteiger charge is -2.31. The Balaban J connectivity index is 1.78. The summed E-state index contributed by atoms with van der Waals surface area (Å²) in [5.41, 5.74) is 0.250. The molecule has 2 rings (SSSR count). The second kappa shape index (κ2) is 7.81.